The summed E-state index contributed by atoms with van der Waals surface area (Å²) in [5.41, 5.74) is 1.38. The molecule has 1 saturated carbocycles. The van der Waals surface area contributed by atoms with E-state index in [2.05, 4.69) is 66.3 Å². The predicted molar refractivity (Wildman–Crippen MR) is 90.9 cm³/mol. The quantitative estimate of drug-likeness (QED) is 0.726. The number of hydrogen-bond acceptors (Lipinski definition) is 1. The molecule has 20 heavy (non-hydrogen) atoms. The van der Waals surface area contributed by atoms with Gasteiger partial charge in [0.1, 0.15) is 0 Å². The minimum atomic E-state index is 0.440. The summed E-state index contributed by atoms with van der Waals surface area (Å²) in [4.78, 5) is 0. The zero-order valence-corrected chi connectivity index (χ0v) is 14.6. The summed E-state index contributed by atoms with van der Waals surface area (Å²) in [6.45, 7) is 6.98. The normalized spacial score (nSPS) is 24.9. The molecule has 0 aliphatic heterocycles. The van der Waals surface area contributed by atoms with Crippen LogP contribution < -0.4 is 5.32 Å². The second-order valence-electron chi connectivity index (χ2n) is 6.80. The molecular formula is C18H28BrN. The van der Waals surface area contributed by atoms with Crippen molar-refractivity contribution in [3.63, 3.8) is 0 Å². The lowest BCUT2D eigenvalue weighted by Gasteiger charge is -2.33. The van der Waals surface area contributed by atoms with E-state index in [0.29, 0.717) is 12.1 Å². The Labute approximate surface area is 132 Å². The summed E-state index contributed by atoms with van der Waals surface area (Å²) in [5, 5.41) is 3.84. The zero-order valence-electron chi connectivity index (χ0n) is 13.0. The second-order valence-corrected chi connectivity index (χ2v) is 7.72. The SMILES string of the molecule is CC(C)CC1CCCC(NC(C)c2cccc(Br)c2)C1. The van der Waals surface area contributed by atoms with Crippen molar-refractivity contribution in [2.75, 3.05) is 0 Å². The van der Waals surface area contributed by atoms with Crippen molar-refractivity contribution in [1.29, 1.82) is 0 Å². The van der Waals surface area contributed by atoms with Gasteiger partial charge in [-0.3, -0.25) is 0 Å². The largest absolute Gasteiger partial charge is 0.307 e. The molecule has 0 aromatic heterocycles. The summed E-state index contributed by atoms with van der Waals surface area (Å²) in [5.74, 6) is 1.76. The molecule has 1 aliphatic rings. The van der Waals surface area contributed by atoms with Crippen LogP contribution in [-0.4, -0.2) is 6.04 Å². The highest BCUT2D eigenvalue weighted by Crippen LogP contribution is 2.30. The fourth-order valence-corrected chi connectivity index (χ4v) is 3.97. The van der Waals surface area contributed by atoms with Crippen LogP contribution in [0.4, 0.5) is 0 Å². The summed E-state index contributed by atoms with van der Waals surface area (Å²) < 4.78 is 1.17. The predicted octanol–water partition coefficient (Wildman–Crippen LogP) is 5.70. The molecule has 0 radical (unpaired) electrons. The molecule has 1 aromatic carbocycles. The molecule has 0 saturated heterocycles. The summed E-state index contributed by atoms with van der Waals surface area (Å²) in [6.07, 6.45) is 6.91. The van der Waals surface area contributed by atoms with Gasteiger partial charge in [0.25, 0.3) is 0 Å². The van der Waals surface area contributed by atoms with Crippen molar-refractivity contribution in [1.82, 2.24) is 5.32 Å². The highest BCUT2D eigenvalue weighted by Gasteiger charge is 2.23. The van der Waals surface area contributed by atoms with Gasteiger partial charge in [0, 0.05) is 16.6 Å². The van der Waals surface area contributed by atoms with Gasteiger partial charge in [-0.1, -0.05) is 54.8 Å². The summed E-state index contributed by atoms with van der Waals surface area (Å²) >= 11 is 3.56. The molecule has 112 valence electrons. The summed E-state index contributed by atoms with van der Waals surface area (Å²) in [6, 6.07) is 9.80. The van der Waals surface area contributed by atoms with E-state index in [4.69, 9.17) is 0 Å². The Hall–Kier alpha value is -0.340. The molecule has 3 unspecified atom stereocenters. The maximum absolute atomic E-state index is 3.84. The summed E-state index contributed by atoms with van der Waals surface area (Å²) in [7, 11) is 0. The van der Waals surface area contributed by atoms with Crippen LogP contribution in [0.1, 0.15) is 64.5 Å². The average Bonchev–Trinajstić information content (AvgIpc) is 2.38. The molecule has 0 spiro atoms. The van der Waals surface area contributed by atoms with E-state index in [1.165, 1.54) is 42.1 Å². The molecule has 1 fully saturated rings. The van der Waals surface area contributed by atoms with E-state index in [0.717, 1.165) is 11.8 Å². The number of rotatable bonds is 5. The Balaban J connectivity index is 1.89. The number of hydrogen-bond donors (Lipinski definition) is 1. The molecule has 0 amide bonds. The van der Waals surface area contributed by atoms with Crippen LogP contribution in [0.15, 0.2) is 28.7 Å². The van der Waals surface area contributed by atoms with Crippen molar-refractivity contribution in [2.45, 2.75) is 65.0 Å². The molecule has 1 N–H and O–H groups in total. The Morgan fingerprint density at radius 1 is 1.25 bits per heavy atom. The smallest absolute Gasteiger partial charge is 0.0294 e. The van der Waals surface area contributed by atoms with Gasteiger partial charge in [-0.25, -0.2) is 0 Å². The van der Waals surface area contributed by atoms with Crippen LogP contribution >= 0.6 is 15.9 Å². The standard InChI is InChI=1S/C18H28BrN/c1-13(2)10-15-6-4-9-18(11-15)20-14(3)16-7-5-8-17(19)12-16/h5,7-8,12-15,18,20H,4,6,9-11H2,1-3H3. The first kappa shape index (κ1) is 16.0. The van der Waals surface area contributed by atoms with Crippen LogP contribution in [0.25, 0.3) is 0 Å². The van der Waals surface area contributed by atoms with Gasteiger partial charge in [-0.05, 0) is 55.7 Å². The van der Waals surface area contributed by atoms with Crippen LogP contribution in [0.3, 0.4) is 0 Å². The molecule has 0 bridgehead atoms. The number of halogens is 1. The van der Waals surface area contributed by atoms with Gasteiger partial charge in [-0.2, -0.15) is 0 Å². The van der Waals surface area contributed by atoms with E-state index in [-0.39, 0.29) is 0 Å². The lowest BCUT2D eigenvalue weighted by atomic mass is 9.81. The third-order valence-corrected chi connectivity index (χ3v) is 4.92. The lowest BCUT2D eigenvalue weighted by Crippen LogP contribution is -2.36. The molecule has 2 rings (SSSR count). The molecule has 3 atom stereocenters. The average molecular weight is 338 g/mol. The van der Waals surface area contributed by atoms with Crippen LogP contribution in [0.5, 0.6) is 0 Å². The van der Waals surface area contributed by atoms with Crippen LogP contribution in [0.2, 0.25) is 0 Å². The van der Waals surface area contributed by atoms with Crippen molar-refractivity contribution in [2.24, 2.45) is 11.8 Å². The van der Waals surface area contributed by atoms with Crippen LogP contribution in [0, 0.1) is 11.8 Å². The topological polar surface area (TPSA) is 12.0 Å². The first-order valence-corrected chi connectivity index (χ1v) is 8.85. The number of benzene rings is 1. The van der Waals surface area contributed by atoms with Crippen molar-refractivity contribution < 1.29 is 0 Å². The Kier molecular flexibility index (Phi) is 6.10. The highest BCUT2D eigenvalue weighted by molar-refractivity contribution is 9.10. The fourth-order valence-electron chi connectivity index (χ4n) is 3.55. The monoisotopic (exact) mass is 337 g/mol. The molecule has 1 aliphatic carbocycles. The van der Waals surface area contributed by atoms with Crippen molar-refractivity contribution >= 4 is 15.9 Å². The third kappa shape index (κ3) is 4.89. The zero-order chi connectivity index (χ0) is 14.5. The minimum absolute atomic E-state index is 0.440. The van der Waals surface area contributed by atoms with Gasteiger partial charge in [0.15, 0.2) is 0 Å². The van der Waals surface area contributed by atoms with E-state index in [1.54, 1.807) is 0 Å². The first-order chi connectivity index (χ1) is 9.54. The van der Waals surface area contributed by atoms with Crippen molar-refractivity contribution in [3.8, 4) is 0 Å². The maximum atomic E-state index is 3.84. The minimum Gasteiger partial charge on any atom is -0.307 e. The van der Waals surface area contributed by atoms with E-state index < -0.39 is 0 Å². The van der Waals surface area contributed by atoms with E-state index in [1.807, 2.05) is 0 Å². The van der Waals surface area contributed by atoms with Crippen LogP contribution in [-0.2, 0) is 0 Å². The molecular weight excluding hydrogens is 310 g/mol. The Bertz CT molecular complexity index is 416. The Morgan fingerprint density at radius 2 is 2.05 bits per heavy atom. The number of nitrogens with one attached hydrogen (secondary N) is 1. The molecule has 2 heteroatoms. The van der Waals surface area contributed by atoms with Gasteiger partial charge in [-0.15, -0.1) is 0 Å². The van der Waals surface area contributed by atoms with Crippen molar-refractivity contribution in [3.05, 3.63) is 34.3 Å². The van der Waals surface area contributed by atoms with E-state index >= 15 is 0 Å². The second kappa shape index (κ2) is 7.61. The Morgan fingerprint density at radius 3 is 2.75 bits per heavy atom. The third-order valence-electron chi connectivity index (χ3n) is 4.42. The molecule has 1 aromatic rings. The van der Waals surface area contributed by atoms with Gasteiger partial charge in [0.05, 0.1) is 0 Å². The lowest BCUT2D eigenvalue weighted by molar-refractivity contribution is 0.242. The molecule has 0 heterocycles. The highest BCUT2D eigenvalue weighted by atomic mass is 79.9. The van der Waals surface area contributed by atoms with E-state index in [9.17, 15) is 0 Å². The van der Waals surface area contributed by atoms with Gasteiger partial charge >= 0.3 is 0 Å². The first-order valence-electron chi connectivity index (χ1n) is 8.06. The maximum Gasteiger partial charge on any atom is 0.0294 e. The molecule has 1 nitrogen and oxygen atoms in total. The fraction of sp³-hybridized carbons (Fsp3) is 0.667. The van der Waals surface area contributed by atoms with Gasteiger partial charge < -0.3 is 5.32 Å². The van der Waals surface area contributed by atoms with Gasteiger partial charge in [0.2, 0.25) is 0 Å².